The summed E-state index contributed by atoms with van der Waals surface area (Å²) < 4.78 is 12.1. The maximum atomic E-state index is 6.09. The van der Waals surface area contributed by atoms with Crippen molar-refractivity contribution < 1.29 is 9.47 Å². The summed E-state index contributed by atoms with van der Waals surface area (Å²) in [6.07, 6.45) is 2.26. The van der Waals surface area contributed by atoms with Gasteiger partial charge in [-0.1, -0.05) is 6.07 Å². The van der Waals surface area contributed by atoms with Crippen LogP contribution >= 0.6 is 0 Å². The average molecular weight is 246 g/mol. The highest BCUT2D eigenvalue weighted by Crippen LogP contribution is 2.50. The van der Waals surface area contributed by atoms with Crippen LogP contribution in [0.2, 0.25) is 0 Å². The minimum absolute atomic E-state index is 0.00901. The van der Waals surface area contributed by atoms with E-state index in [1.165, 1.54) is 5.69 Å². The van der Waals surface area contributed by atoms with Crippen molar-refractivity contribution in [3.8, 4) is 11.5 Å². The van der Waals surface area contributed by atoms with Gasteiger partial charge < -0.3 is 19.7 Å². The van der Waals surface area contributed by atoms with Crippen LogP contribution in [0, 0.1) is 0 Å². The number of anilines is 1. The summed E-state index contributed by atoms with van der Waals surface area (Å²) in [5, 5.41) is 3.37. The molecule has 0 unspecified atom stereocenters. The van der Waals surface area contributed by atoms with Crippen molar-refractivity contribution in [1.29, 1.82) is 0 Å². The lowest BCUT2D eigenvalue weighted by atomic mass is 10.2. The first-order chi connectivity index (χ1) is 8.86. The van der Waals surface area contributed by atoms with Gasteiger partial charge in [-0.15, -0.1) is 0 Å². The molecule has 96 valence electrons. The molecule has 4 rings (SSSR count). The van der Waals surface area contributed by atoms with E-state index in [4.69, 9.17) is 9.47 Å². The molecule has 2 fully saturated rings. The monoisotopic (exact) mass is 246 g/mol. The van der Waals surface area contributed by atoms with E-state index in [1.807, 2.05) is 6.07 Å². The van der Waals surface area contributed by atoms with Crippen molar-refractivity contribution >= 4 is 5.69 Å². The van der Waals surface area contributed by atoms with Crippen LogP contribution in [0.5, 0.6) is 11.5 Å². The number of benzene rings is 1. The first-order valence-corrected chi connectivity index (χ1v) is 6.77. The molecule has 0 radical (unpaired) electrons. The van der Waals surface area contributed by atoms with E-state index in [9.17, 15) is 0 Å². The van der Waals surface area contributed by atoms with Crippen LogP contribution in [0.1, 0.15) is 12.8 Å². The summed E-state index contributed by atoms with van der Waals surface area (Å²) >= 11 is 0. The predicted octanol–water partition coefficient (Wildman–Crippen LogP) is 1.40. The molecule has 18 heavy (non-hydrogen) atoms. The van der Waals surface area contributed by atoms with E-state index in [2.05, 4.69) is 22.3 Å². The number of rotatable bonds is 1. The molecular weight excluding hydrogens is 228 g/mol. The Kier molecular flexibility index (Phi) is 2.21. The molecule has 1 aliphatic carbocycles. The van der Waals surface area contributed by atoms with Crippen molar-refractivity contribution in [1.82, 2.24) is 5.32 Å². The van der Waals surface area contributed by atoms with Crippen LogP contribution < -0.4 is 19.7 Å². The largest absolute Gasteiger partial charge is 0.483 e. The second-order valence-corrected chi connectivity index (χ2v) is 5.42. The fourth-order valence-electron chi connectivity index (χ4n) is 2.74. The van der Waals surface area contributed by atoms with E-state index in [0.29, 0.717) is 6.61 Å². The number of nitrogens with zero attached hydrogens (tertiary/aromatic N) is 1. The Bertz CT molecular complexity index is 465. The van der Waals surface area contributed by atoms with Crippen LogP contribution in [0.15, 0.2) is 18.2 Å². The van der Waals surface area contributed by atoms with E-state index in [1.54, 1.807) is 0 Å². The minimum atomic E-state index is 0.00901. The smallest absolute Gasteiger partial charge is 0.184 e. The third kappa shape index (κ3) is 1.63. The van der Waals surface area contributed by atoms with Gasteiger partial charge in [0.2, 0.25) is 0 Å². The van der Waals surface area contributed by atoms with Gasteiger partial charge in [0.25, 0.3) is 0 Å². The maximum Gasteiger partial charge on any atom is 0.184 e. The lowest BCUT2D eigenvalue weighted by Gasteiger charge is -2.34. The SMILES string of the molecule is c1cc2c(c(N3CCNCC3)c1)OCC1(CC1)O2. The van der Waals surface area contributed by atoms with Gasteiger partial charge in [-0.2, -0.15) is 0 Å². The van der Waals surface area contributed by atoms with Gasteiger partial charge >= 0.3 is 0 Å². The zero-order chi connectivity index (χ0) is 12.0. The molecule has 2 aliphatic heterocycles. The fraction of sp³-hybridized carbons (Fsp3) is 0.571. The van der Waals surface area contributed by atoms with Crippen molar-refractivity contribution in [2.75, 3.05) is 37.7 Å². The molecule has 0 amide bonds. The van der Waals surface area contributed by atoms with Crippen molar-refractivity contribution in [3.63, 3.8) is 0 Å². The molecule has 1 saturated carbocycles. The topological polar surface area (TPSA) is 33.7 Å². The van der Waals surface area contributed by atoms with Gasteiger partial charge in [-0.05, 0) is 25.0 Å². The number of ether oxygens (including phenoxy) is 2. The zero-order valence-electron chi connectivity index (χ0n) is 10.4. The summed E-state index contributed by atoms with van der Waals surface area (Å²) in [4.78, 5) is 2.38. The Labute approximate surface area is 107 Å². The van der Waals surface area contributed by atoms with Gasteiger partial charge in [-0.3, -0.25) is 0 Å². The molecule has 0 bridgehead atoms. The molecule has 4 heteroatoms. The number of para-hydroxylation sites is 1. The molecule has 3 aliphatic rings. The van der Waals surface area contributed by atoms with Crippen molar-refractivity contribution in [2.45, 2.75) is 18.4 Å². The Hall–Kier alpha value is -1.42. The van der Waals surface area contributed by atoms with Gasteiger partial charge in [-0.25, -0.2) is 0 Å². The highest BCUT2D eigenvalue weighted by molar-refractivity contribution is 5.66. The van der Waals surface area contributed by atoms with E-state index in [0.717, 1.165) is 50.5 Å². The van der Waals surface area contributed by atoms with Crippen LogP contribution in [0.3, 0.4) is 0 Å². The maximum absolute atomic E-state index is 6.09. The summed E-state index contributed by atoms with van der Waals surface area (Å²) in [7, 11) is 0. The summed E-state index contributed by atoms with van der Waals surface area (Å²) in [6.45, 7) is 4.85. The van der Waals surface area contributed by atoms with E-state index < -0.39 is 0 Å². The van der Waals surface area contributed by atoms with Gasteiger partial charge in [0.15, 0.2) is 11.5 Å². The number of fused-ring (bicyclic) bond motifs is 1. The molecule has 1 aromatic carbocycles. The van der Waals surface area contributed by atoms with Crippen LogP contribution in [-0.4, -0.2) is 38.4 Å². The molecular formula is C14H18N2O2. The quantitative estimate of drug-likeness (QED) is 0.812. The molecule has 1 aromatic rings. The number of nitrogens with one attached hydrogen (secondary N) is 1. The zero-order valence-corrected chi connectivity index (χ0v) is 10.4. The highest BCUT2D eigenvalue weighted by Gasteiger charge is 2.49. The van der Waals surface area contributed by atoms with E-state index in [-0.39, 0.29) is 5.60 Å². The van der Waals surface area contributed by atoms with Crippen molar-refractivity contribution in [2.24, 2.45) is 0 Å². The Morgan fingerprint density at radius 3 is 2.78 bits per heavy atom. The van der Waals surface area contributed by atoms with Crippen LogP contribution in [0.4, 0.5) is 5.69 Å². The average Bonchev–Trinajstić information content (AvgIpc) is 3.18. The Morgan fingerprint density at radius 2 is 2.00 bits per heavy atom. The molecule has 4 nitrogen and oxygen atoms in total. The normalized spacial score (nSPS) is 24.1. The number of piperazine rings is 1. The summed E-state index contributed by atoms with van der Waals surface area (Å²) in [6, 6.07) is 6.24. The van der Waals surface area contributed by atoms with Gasteiger partial charge in [0.05, 0.1) is 5.69 Å². The fourth-order valence-corrected chi connectivity index (χ4v) is 2.74. The minimum Gasteiger partial charge on any atom is -0.483 e. The van der Waals surface area contributed by atoms with Gasteiger partial charge in [0.1, 0.15) is 12.2 Å². The molecule has 1 saturated heterocycles. The molecule has 2 heterocycles. The summed E-state index contributed by atoms with van der Waals surface area (Å²) in [5.41, 5.74) is 1.19. The lowest BCUT2D eigenvalue weighted by Crippen LogP contribution is -2.44. The van der Waals surface area contributed by atoms with E-state index >= 15 is 0 Å². The molecule has 1 spiro atoms. The van der Waals surface area contributed by atoms with Crippen LogP contribution in [0.25, 0.3) is 0 Å². The second kappa shape index (κ2) is 3.79. The first kappa shape index (κ1) is 10.5. The first-order valence-electron chi connectivity index (χ1n) is 6.77. The van der Waals surface area contributed by atoms with Gasteiger partial charge in [0, 0.05) is 26.2 Å². The third-order valence-corrected chi connectivity index (χ3v) is 4.03. The Balaban J connectivity index is 1.67. The Morgan fingerprint density at radius 1 is 1.17 bits per heavy atom. The third-order valence-electron chi connectivity index (χ3n) is 4.03. The predicted molar refractivity (Wildman–Crippen MR) is 69.6 cm³/mol. The second-order valence-electron chi connectivity index (χ2n) is 5.42. The molecule has 0 atom stereocenters. The molecule has 0 aromatic heterocycles. The summed E-state index contributed by atoms with van der Waals surface area (Å²) in [5.74, 6) is 1.87. The standard InChI is InChI=1S/C14H18N2O2/c1-2-11(16-8-6-15-7-9-16)13-12(3-1)18-14(4-5-14)10-17-13/h1-3,15H,4-10H2. The van der Waals surface area contributed by atoms with Crippen LogP contribution in [-0.2, 0) is 0 Å². The highest BCUT2D eigenvalue weighted by atomic mass is 16.6. The number of hydrogen-bond acceptors (Lipinski definition) is 4. The molecule has 1 N–H and O–H groups in total. The van der Waals surface area contributed by atoms with Crippen molar-refractivity contribution in [3.05, 3.63) is 18.2 Å². The lowest BCUT2D eigenvalue weighted by molar-refractivity contribution is 0.0721. The number of hydrogen-bond donors (Lipinski definition) is 1.